The highest BCUT2D eigenvalue weighted by molar-refractivity contribution is 6.33. The number of hydrogen-bond acceptors (Lipinski definition) is 4. The van der Waals surface area contributed by atoms with Crippen LogP contribution >= 0.6 is 11.6 Å². The lowest BCUT2D eigenvalue weighted by atomic mass is 10.1. The van der Waals surface area contributed by atoms with Gasteiger partial charge in [0.05, 0.1) is 11.9 Å². The number of hydrogen-bond donors (Lipinski definition) is 1. The Hall–Kier alpha value is -2.01. The SMILES string of the molecule is CN1CCN(c2cn[nH]c(=O)c2Cl)Cc2ccccc21. The standard InChI is InChI=1S/C14H15ClN4O/c1-18-6-7-19(9-10-4-2-3-5-11(10)18)12-8-16-17-14(20)13(12)15/h2-5,8H,6-7,9H2,1H3,(H,17,20). The van der Waals surface area contributed by atoms with E-state index in [4.69, 9.17) is 11.6 Å². The highest BCUT2D eigenvalue weighted by Gasteiger charge is 2.20. The maximum absolute atomic E-state index is 11.6. The molecule has 0 aliphatic carbocycles. The van der Waals surface area contributed by atoms with E-state index in [0.29, 0.717) is 12.2 Å². The van der Waals surface area contributed by atoms with E-state index in [2.05, 4.69) is 39.2 Å². The van der Waals surface area contributed by atoms with Gasteiger partial charge in [-0.25, -0.2) is 5.10 Å². The summed E-state index contributed by atoms with van der Waals surface area (Å²) in [5, 5.41) is 6.39. The molecular formula is C14H15ClN4O. The first-order chi connectivity index (χ1) is 9.66. The average molecular weight is 291 g/mol. The fraction of sp³-hybridized carbons (Fsp3) is 0.286. The number of para-hydroxylation sites is 1. The third kappa shape index (κ3) is 2.25. The van der Waals surface area contributed by atoms with Gasteiger partial charge in [-0.05, 0) is 11.6 Å². The van der Waals surface area contributed by atoms with Crippen LogP contribution in [0.15, 0.2) is 35.3 Å². The molecule has 0 radical (unpaired) electrons. The second kappa shape index (κ2) is 5.17. The van der Waals surface area contributed by atoms with Crippen molar-refractivity contribution in [2.75, 3.05) is 29.9 Å². The predicted molar refractivity (Wildman–Crippen MR) is 80.6 cm³/mol. The molecular weight excluding hydrogens is 276 g/mol. The average Bonchev–Trinajstić information content (AvgIpc) is 2.62. The summed E-state index contributed by atoms with van der Waals surface area (Å²) in [6.45, 7) is 2.36. The molecule has 2 aromatic rings. The number of rotatable bonds is 1. The van der Waals surface area contributed by atoms with Crippen LogP contribution in [0.1, 0.15) is 5.56 Å². The van der Waals surface area contributed by atoms with Gasteiger partial charge in [-0.1, -0.05) is 29.8 Å². The highest BCUT2D eigenvalue weighted by Crippen LogP contribution is 2.28. The normalized spacial score (nSPS) is 14.9. The molecule has 1 N–H and O–H groups in total. The first-order valence-electron chi connectivity index (χ1n) is 6.44. The number of nitrogens with one attached hydrogen (secondary N) is 1. The largest absolute Gasteiger partial charge is 0.373 e. The van der Waals surface area contributed by atoms with E-state index in [0.717, 1.165) is 13.1 Å². The molecule has 0 saturated heterocycles. The van der Waals surface area contributed by atoms with Crippen molar-refractivity contribution in [3.63, 3.8) is 0 Å². The van der Waals surface area contributed by atoms with Gasteiger partial charge in [0, 0.05) is 32.4 Å². The summed E-state index contributed by atoms with van der Waals surface area (Å²) in [4.78, 5) is 15.9. The molecule has 1 aromatic carbocycles. The van der Waals surface area contributed by atoms with Crippen molar-refractivity contribution in [3.8, 4) is 0 Å². The Morgan fingerprint density at radius 2 is 2.05 bits per heavy atom. The molecule has 1 aliphatic heterocycles. The summed E-state index contributed by atoms with van der Waals surface area (Å²) >= 11 is 6.10. The van der Waals surface area contributed by atoms with E-state index in [-0.39, 0.29) is 10.6 Å². The fourth-order valence-electron chi connectivity index (χ4n) is 2.49. The summed E-state index contributed by atoms with van der Waals surface area (Å²) in [5.74, 6) is 0. The van der Waals surface area contributed by atoms with Crippen LogP contribution in [-0.4, -0.2) is 30.3 Å². The van der Waals surface area contributed by atoms with E-state index in [1.807, 2.05) is 12.1 Å². The Morgan fingerprint density at radius 3 is 2.90 bits per heavy atom. The van der Waals surface area contributed by atoms with E-state index in [9.17, 15) is 4.79 Å². The lowest BCUT2D eigenvalue weighted by molar-refractivity contribution is 0.790. The number of likely N-dealkylation sites (N-methyl/N-ethyl adjacent to an activating group) is 1. The molecule has 0 spiro atoms. The van der Waals surface area contributed by atoms with Gasteiger partial charge < -0.3 is 9.80 Å². The fourth-order valence-corrected chi connectivity index (χ4v) is 2.70. The van der Waals surface area contributed by atoms with Gasteiger partial charge in [0.1, 0.15) is 5.02 Å². The Kier molecular flexibility index (Phi) is 3.36. The monoisotopic (exact) mass is 290 g/mol. The molecule has 5 nitrogen and oxygen atoms in total. The molecule has 0 fully saturated rings. The summed E-state index contributed by atoms with van der Waals surface area (Å²) in [6.07, 6.45) is 1.61. The summed E-state index contributed by atoms with van der Waals surface area (Å²) < 4.78 is 0. The number of fused-ring (bicyclic) bond motifs is 1. The van der Waals surface area contributed by atoms with Crippen LogP contribution in [-0.2, 0) is 6.54 Å². The highest BCUT2D eigenvalue weighted by atomic mass is 35.5. The van der Waals surface area contributed by atoms with Crippen LogP contribution in [0.5, 0.6) is 0 Å². The Labute approximate surface area is 121 Å². The summed E-state index contributed by atoms with van der Waals surface area (Å²) in [7, 11) is 2.07. The minimum absolute atomic E-state index is 0.196. The molecule has 0 atom stereocenters. The molecule has 0 bridgehead atoms. The first-order valence-corrected chi connectivity index (χ1v) is 6.82. The zero-order valence-corrected chi connectivity index (χ0v) is 11.9. The smallest absolute Gasteiger partial charge is 0.285 e. The van der Waals surface area contributed by atoms with Gasteiger partial charge in [-0.2, -0.15) is 5.10 Å². The van der Waals surface area contributed by atoms with Crippen molar-refractivity contribution in [2.24, 2.45) is 0 Å². The topological polar surface area (TPSA) is 52.2 Å². The minimum atomic E-state index is -0.352. The third-order valence-corrected chi connectivity index (χ3v) is 3.95. The number of aromatic nitrogens is 2. The molecule has 6 heteroatoms. The zero-order valence-electron chi connectivity index (χ0n) is 11.1. The van der Waals surface area contributed by atoms with Gasteiger partial charge >= 0.3 is 0 Å². The molecule has 0 amide bonds. The first kappa shape index (κ1) is 13.0. The molecule has 3 rings (SSSR count). The van der Waals surface area contributed by atoms with E-state index in [1.54, 1.807) is 6.20 Å². The van der Waals surface area contributed by atoms with Crippen LogP contribution in [0.25, 0.3) is 0 Å². The third-order valence-electron chi connectivity index (χ3n) is 3.59. The van der Waals surface area contributed by atoms with Gasteiger partial charge in [0.15, 0.2) is 0 Å². The number of aromatic amines is 1. The van der Waals surface area contributed by atoms with E-state index in [1.165, 1.54) is 11.3 Å². The zero-order chi connectivity index (χ0) is 14.1. The van der Waals surface area contributed by atoms with Crippen LogP contribution < -0.4 is 15.4 Å². The van der Waals surface area contributed by atoms with Crippen molar-refractivity contribution < 1.29 is 0 Å². The van der Waals surface area contributed by atoms with Crippen LogP contribution in [0.3, 0.4) is 0 Å². The summed E-state index contributed by atoms with van der Waals surface area (Å²) in [5.41, 5.74) is 2.75. The molecule has 1 aliphatic rings. The number of halogens is 1. The lowest BCUT2D eigenvalue weighted by Gasteiger charge is -2.23. The van der Waals surface area contributed by atoms with Crippen molar-refractivity contribution in [3.05, 3.63) is 51.4 Å². The van der Waals surface area contributed by atoms with E-state index < -0.39 is 0 Å². The van der Waals surface area contributed by atoms with E-state index >= 15 is 0 Å². The van der Waals surface area contributed by atoms with Crippen molar-refractivity contribution in [1.29, 1.82) is 0 Å². The Bertz CT molecular complexity index is 685. The maximum Gasteiger partial charge on any atom is 0.285 e. The van der Waals surface area contributed by atoms with Crippen molar-refractivity contribution in [2.45, 2.75) is 6.54 Å². The molecule has 1 aromatic heterocycles. The number of anilines is 2. The van der Waals surface area contributed by atoms with Gasteiger partial charge in [0.25, 0.3) is 5.56 Å². The molecule has 0 unspecified atom stereocenters. The van der Waals surface area contributed by atoms with Crippen LogP contribution in [0.2, 0.25) is 5.02 Å². The second-order valence-corrected chi connectivity index (χ2v) is 5.25. The van der Waals surface area contributed by atoms with Gasteiger partial charge in [-0.15, -0.1) is 0 Å². The second-order valence-electron chi connectivity index (χ2n) is 4.87. The Balaban J connectivity index is 2.01. The minimum Gasteiger partial charge on any atom is -0.373 e. The van der Waals surface area contributed by atoms with Crippen molar-refractivity contribution >= 4 is 23.0 Å². The number of H-pyrrole nitrogens is 1. The quantitative estimate of drug-likeness (QED) is 0.871. The van der Waals surface area contributed by atoms with Crippen molar-refractivity contribution in [1.82, 2.24) is 10.2 Å². The van der Waals surface area contributed by atoms with Gasteiger partial charge in [-0.3, -0.25) is 4.79 Å². The molecule has 0 saturated carbocycles. The molecule has 20 heavy (non-hydrogen) atoms. The van der Waals surface area contributed by atoms with Crippen LogP contribution in [0.4, 0.5) is 11.4 Å². The summed E-state index contributed by atoms with van der Waals surface area (Å²) in [6, 6.07) is 8.26. The molecule has 104 valence electrons. The lowest BCUT2D eigenvalue weighted by Crippen LogP contribution is -2.30. The predicted octanol–water partition coefficient (Wildman–Crippen LogP) is 1.88. The Morgan fingerprint density at radius 1 is 1.25 bits per heavy atom. The maximum atomic E-state index is 11.6. The van der Waals surface area contributed by atoms with Crippen LogP contribution in [0, 0.1) is 0 Å². The number of nitrogens with zero attached hydrogens (tertiary/aromatic N) is 3. The molecule has 2 heterocycles. The number of benzene rings is 1. The van der Waals surface area contributed by atoms with Gasteiger partial charge in [0.2, 0.25) is 0 Å².